The lowest BCUT2D eigenvalue weighted by Gasteiger charge is -2.20. The smallest absolute Gasteiger partial charge is 0.145 e. The highest BCUT2D eigenvalue weighted by molar-refractivity contribution is 5.73. The first-order chi connectivity index (χ1) is 11.8. The van der Waals surface area contributed by atoms with Crippen molar-refractivity contribution in [1.29, 1.82) is 10.8 Å². The zero-order chi connectivity index (χ0) is 19.4. The van der Waals surface area contributed by atoms with Gasteiger partial charge in [0.05, 0.1) is 7.95 Å². The van der Waals surface area contributed by atoms with Crippen LogP contribution in [0, 0.1) is 22.6 Å². The molecule has 0 aromatic heterocycles. The molecule has 3 atom stereocenters. The molecule has 0 saturated carbocycles. The number of hydrogen-bond donors (Lipinski definition) is 1. The van der Waals surface area contributed by atoms with E-state index in [0.717, 1.165) is 56.0 Å². The second-order valence-corrected chi connectivity index (χ2v) is 6.44. The number of aldehydes is 1. The number of carbonyl (C=O) groups excluding carboxylic acids is 1. The lowest BCUT2D eigenvalue weighted by molar-refractivity contribution is -0.105. The minimum atomic E-state index is -1.00. The van der Waals surface area contributed by atoms with Gasteiger partial charge in [0, 0.05) is 10.8 Å². The molecule has 0 radical (unpaired) electrons. The molecule has 0 aromatic carbocycles. The molecule has 2 aliphatic carbocycles. The molecule has 0 spiro atoms. The molecular weight excluding hydrogens is 300 g/mol. The molecule has 0 saturated heterocycles. The summed E-state index contributed by atoms with van der Waals surface area (Å²) >= 11 is 0. The Morgan fingerprint density at radius 1 is 1.21 bits per heavy atom. The van der Waals surface area contributed by atoms with Crippen molar-refractivity contribution in [2.45, 2.75) is 52.4 Å². The van der Waals surface area contributed by atoms with E-state index in [1.807, 2.05) is 19.1 Å². The van der Waals surface area contributed by atoms with Crippen LogP contribution in [-0.4, -0.2) is 18.0 Å². The number of hydrogen-bond acceptors (Lipinski definition) is 4. The monoisotopic (exact) mass is 331 g/mol. The van der Waals surface area contributed by atoms with Gasteiger partial charge in [-0.2, -0.15) is 0 Å². The minimum Gasteiger partial charge on any atom is -0.392 e. The minimum absolute atomic E-state index is 0.562. The molecule has 0 heterocycles. The van der Waals surface area contributed by atoms with Gasteiger partial charge >= 0.3 is 0 Å². The van der Waals surface area contributed by atoms with Crippen LogP contribution in [0.1, 0.15) is 53.7 Å². The van der Waals surface area contributed by atoms with E-state index in [0.29, 0.717) is 11.8 Å². The Morgan fingerprint density at radius 2 is 1.71 bits per heavy atom. The molecule has 4 heteroatoms. The molecule has 4 nitrogen and oxygen atoms in total. The van der Waals surface area contributed by atoms with Crippen molar-refractivity contribution >= 4 is 6.29 Å². The first-order valence-corrected chi connectivity index (χ1v) is 8.29. The maximum Gasteiger partial charge on any atom is 0.145 e. The van der Waals surface area contributed by atoms with Crippen LogP contribution in [0.3, 0.4) is 0 Å². The van der Waals surface area contributed by atoms with Gasteiger partial charge < -0.3 is 5.11 Å². The van der Waals surface area contributed by atoms with E-state index in [2.05, 4.69) is 20.1 Å². The number of rotatable bonds is 4. The predicted molar refractivity (Wildman–Crippen MR) is 97.1 cm³/mol. The van der Waals surface area contributed by atoms with Crippen molar-refractivity contribution in [1.82, 2.24) is 0 Å². The van der Waals surface area contributed by atoms with Crippen LogP contribution >= 0.6 is 0 Å². The summed E-state index contributed by atoms with van der Waals surface area (Å²) in [7, 11) is 0. The van der Waals surface area contributed by atoms with Crippen molar-refractivity contribution in [3.63, 3.8) is 0 Å². The van der Waals surface area contributed by atoms with Gasteiger partial charge in [-0.15, -0.1) is 0 Å². The van der Waals surface area contributed by atoms with E-state index in [1.54, 1.807) is 0 Å². The number of aliphatic hydroxyl groups is 1. The lowest BCUT2D eigenvalue weighted by Crippen LogP contribution is -2.07. The maximum absolute atomic E-state index is 10.3. The Labute approximate surface area is 147 Å². The molecule has 2 aliphatic rings. The Hall–Kier alpha value is -1.99. The first kappa shape index (κ1) is 20.1. The average Bonchev–Trinajstić information content (AvgIpc) is 2.64. The Bertz CT molecular complexity index is 547. The molecule has 1 N–H and O–H groups in total. The summed E-state index contributed by atoms with van der Waals surface area (Å²) in [5.74, 6) is 1.17. The van der Waals surface area contributed by atoms with Gasteiger partial charge in [0.2, 0.25) is 0 Å². The lowest BCUT2D eigenvalue weighted by atomic mass is 9.86. The third-order valence-corrected chi connectivity index (χ3v) is 4.60. The fraction of sp³-hybridized carbons (Fsp3) is 0.550. The molecule has 2 rings (SSSR count). The third-order valence-electron chi connectivity index (χ3n) is 4.60. The van der Waals surface area contributed by atoms with E-state index >= 15 is 0 Å². The van der Waals surface area contributed by atoms with Crippen molar-refractivity contribution in [2.75, 3.05) is 6.58 Å². The maximum atomic E-state index is 10.3. The largest absolute Gasteiger partial charge is 0.392 e. The summed E-state index contributed by atoms with van der Waals surface area (Å²) in [5, 5.41) is 21.0. The summed E-state index contributed by atoms with van der Waals surface area (Å²) in [4.78, 5) is 10.3. The molecule has 0 amide bonds. The van der Waals surface area contributed by atoms with Crippen molar-refractivity contribution < 1.29 is 11.3 Å². The van der Waals surface area contributed by atoms with Gasteiger partial charge in [-0.1, -0.05) is 36.5 Å². The van der Waals surface area contributed by atoms with E-state index in [1.165, 1.54) is 11.1 Å². The molecule has 1 unspecified atom stereocenters. The topological polar surface area (TPSA) is 84.9 Å². The summed E-state index contributed by atoms with van der Waals surface area (Å²) < 4.78 is 7.11. The number of nitrogens with zero attached hydrogens (tertiary/aromatic N) is 2. The zero-order valence-corrected chi connectivity index (χ0v) is 14.9. The van der Waals surface area contributed by atoms with Crippen LogP contribution in [-0.2, 0) is 4.79 Å². The Kier molecular flexibility index (Phi) is 10.4. The third kappa shape index (κ3) is 8.03. The van der Waals surface area contributed by atoms with Gasteiger partial charge in [-0.05, 0) is 75.4 Å². The van der Waals surface area contributed by atoms with Gasteiger partial charge in [-0.3, -0.25) is 4.79 Å². The van der Waals surface area contributed by atoms with Crippen LogP contribution in [0.25, 0.3) is 0 Å². The molecule has 0 fully saturated rings. The number of carbonyl (C=O) groups is 1. The normalized spacial score (nSPS) is 24.3. The van der Waals surface area contributed by atoms with Crippen LogP contribution in [0.4, 0.5) is 0 Å². The standard InChI is InChI=1S/C10H16O.C10H14O.N2/c2*1-8(2)10-5-3-9(7-11)4-6-10;1-2/h3,10-11H,1,4-7H2,2H3;3,7,10H,1,4-6H2,2H3;/t2*10-;/m11./s1/i7D;;/t7?,10-;;. The van der Waals surface area contributed by atoms with Crippen LogP contribution < -0.4 is 0 Å². The highest BCUT2D eigenvalue weighted by Crippen LogP contribution is 2.28. The van der Waals surface area contributed by atoms with Crippen molar-refractivity contribution in [2.24, 2.45) is 11.8 Å². The number of aliphatic hydroxyl groups excluding tert-OH is 1. The molecule has 0 aliphatic heterocycles. The summed E-state index contributed by atoms with van der Waals surface area (Å²) in [6.07, 6.45) is 10.9. The summed E-state index contributed by atoms with van der Waals surface area (Å²) in [6, 6.07) is 0. The van der Waals surface area contributed by atoms with E-state index < -0.39 is 6.58 Å². The van der Waals surface area contributed by atoms with E-state index in [-0.39, 0.29) is 0 Å². The molecule has 24 heavy (non-hydrogen) atoms. The Balaban J connectivity index is 0.000000421. The van der Waals surface area contributed by atoms with Gasteiger partial charge in [0.15, 0.2) is 0 Å². The fourth-order valence-electron chi connectivity index (χ4n) is 2.83. The molecule has 0 aromatic rings. The summed E-state index contributed by atoms with van der Waals surface area (Å²) in [5.41, 5.74) is 4.28. The summed E-state index contributed by atoms with van der Waals surface area (Å²) in [6.45, 7) is 10.9. The second kappa shape index (κ2) is 12.4. The fourth-order valence-corrected chi connectivity index (χ4v) is 2.83. The zero-order valence-electron chi connectivity index (χ0n) is 15.9. The predicted octanol–water partition coefficient (Wildman–Crippen LogP) is 4.80. The van der Waals surface area contributed by atoms with Crippen molar-refractivity contribution in [3.8, 4) is 0 Å². The van der Waals surface area contributed by atoms with Crippen LogP contribution in [0.15, 0.2) is 47.6 Å². The quantitative estimate of drug-likeness (QED) is 0.455. The van der Waals surface area contributed by atoms with Crippen molar-refractivity contribution in [3.05, 3.63) is 47.6 Å². The highest BCUT2D eigenvalue weighted by atomic mass is 16.3. The van der Waals surface area contributed by atoms with Gasteiger partial charge in [0.1, 0.15) is 6.29 Å². The second-order valence-electron chi connectivity index (χ2n) is 6.44. The number of allylic oxidation sites excluding steroid dienone is 5. The highest BCUT2D eigenvalue weighted by Gasteiger charge is 2.14. The Morgan fingerprint density at radius 3 is 2.00 bits per heavy atom. The van der Waals surface area contributed by atoms with Gasteiger partial charge in [-0.25, -0.2) is 0 Å². The van der Waals surface area contributed by atoms with Crippen LogP contribution in [0.2, 0.25) is 0 Å². The first-order valence-electron chi connectivity index (χ1n) is 8.87. The molecular formula is C20H30N2O2. The van der Waals surface area contributed by atoms with Crippen LogP contribution in [0.5, 0.6) is 0 Å². The SMILES string of the molecule is C=C(C)[C@@H]1CC=C(C=O)CC1.N#N.[2H]C(O)C1=CC[C@@H](C(=C)C)CC1. The van der Waals surface area contributed by atoms with E-state index in [9.17, 15) is 4.79 Å². The average molecular weight is 331 g/mol. The van der Waals surface area contributed by atoms with E-state index in [4.69, 9.17) is 17.3 Å². The molecule has 132 valence electrons. The molecule has 0 bridgehead atoms. The van der Waals surface area contributed by atoms with Gasteiger partial charge in [0.25, 0.3) is 0 Å².